The summed E-state index contributed by atoms with van der Waals surface area (Å²) in [5.41, 5.74) is 12.4. The molecule has 0 atom stereocenters. The average molecular weight is 1550 g/mol. The van der Waals surface area contributed by atoms with Gasteiger partial charge in [0.15, 0.2) is 40.8 Å². The molecule has 0 N–H and O–H groups in total. The van der Waals surface area contributed by atoms with Gasteiger partial charge in [0.05, 0.1) is 27.9 Å². The summed E-state index contributed by atoms with van der Waals surface area (Å²) in [7, 11) is 0. The smallest absolute Gasteiger partial charge is 0.183 e. The van der Waals surface area contributed by atoms with E-state index in [1.54, 1.807) is 47.5 Å². The van der Waals surface area contributed by atoms with E-state index in [2.05, 4.69) is 216 Å². The Hall–Kier alpha value is -15.1. The van der Waals surface area contributed by atoms with Gasteiger partial charge in [-0.05, 0) is 101 Å². The molecule has 0 bridgehead atoms. The van der Waals surface area contributed by atoms with Crippen LogP contribution in [0.1, 0.15) is 0 Å². The number of aromatic nitrogens is 13. The molecule has 0 aliphatic carbocycles. The molecule has 13 nitrogen and oxygen atoms in total. The number of hydrogen-bond donors (Lipinski definition) is 0. The van der Waals surface area contributed by atoms with Crippen LogP contribution < -0.4 is 0 Å². The first-order valence-electron chi connectivity index (χ1n) is 38.3. The minimum absolute atomic E-state index is 0.511. The molecule has 16 heteroatoms. The average Bonchev–Trinajstić information content (AvgIpc) is 1.73. The van der Waals surface area contributed by atoms with Crippen molar-refractivity contribution in [3.8, 4) is 103 Å². The van der Waals surface area contributed by atoms with E-state index in [0.717, 1.165) is 127 Å². The number of benzene rings is 13. The van der Waals surface area contributed by atoms with Gasteiger partial charge in [0.25, 0.3) is 0 Å². The zero-order valence-corrected chi connectivity index (χ0v) is 64.6. The van der Waals surface area contributed by atoms with E-state index in [1.165, 1.54) is 60.5 Å². The van der Waals surface area contributed by atoms with E-state index in [-0.39, 0.29) is 0 Å². The Morgan fingerprint density at radius 2 is 0.427 bits per heavy atom. The van der Waals surface area contributed by atoms with Gasteiger partial charge in [-0.1, -0.05) is 249 Å². The minimum atomic E-state index is 0.511. The minimum Gasteiger partial charge on any atom is -0.264 e. The normalized spacial score (nSPS) is 11.6. The molecule has 24 rings (SSSR count). The molecule has 0 spiro atoms. The van der Waals surface area contributed by atoms with Crippen LogP contribution in [0, 0.1) is 0 Å². The van der Waals surface area contributed by atoms with Gasteiger partial charge in [0, 0.05) is 151 Å². The molecule has 13 aromatic carbocycles. The lowest BCUT2D eigenvalue weighted by atomic mass is 10.0. The van der Waals surface area contributed by atoms with Crippen molar-refractivity contribution in [3.05, 3.63) is 358 Å². The third kappa shape index (κ3) is 12.7. The summed E-state index contributed by atoms with van der Waals surface area (Å²) in [6, 6.07) is 115. The first-order chi connectivity index (χ1) is 57.9. The van der Waals surface area contributed by atoms with Gasteiger partial charge in [-0.3, -0.25) is 9.97 Å². The van der Waals surface area contributed by atoms with Crippen LogP contribution >= 0.6 is 34.0 Å². The van der Waals surface area contributed by atoms with Crippen molar-refractivity contribution in [1.82, 2.24) is 64.8 Å². The van der Waals surface area contributed by atoms with Gasteiger partial charge in [-0.15, -0.1) is 34.0 Å². The molecular formula is C101H59N13S3. The Kier molecular flexibility index (Phi) is 17.1. The fraction of sp³-hybridized carbons (Fsp3) is 0. The maximum Gasteiger partial charge on any atom is 0.183 e. The number of rotatable bonds is 9. The lowest BCUT2D eigenvalue weighted by Gasteiger charge is -2.12. The maximum absolute atomic E-state index is 5.25. The second-order valence-electron chi connectivity index (χ2n) is 28.4. The standard InChI is InChI=1S/C35H21N3S.C34H20N4S.C32H18N6S/c1-3-11-22(12-4-1)29-20-30(23-13-5-2-6-14-23)38-35(37-29)34-26-17-8-7-15-24(26)27-19-28-25-16-9-10-18-32(25)39-33(28)21-31(27)36-34;1-3-11-21(12-4-1)32-36-33(22-13-5-2-6-14-22)38-34(37-32)31-25-17-8-7-15-23(25)26-19-27-24-16-9-10-18-29(24)39-30(27)20-28(26)35-31;1-2-11-23-21(9-1)24-15-25-22-10-3-4-12-27(22)39-28(25)16-26(24)35-29(23)32-37-30(19-7-5-13-33-17-19)36-31(38-32)20-8-6-14-34-18-20/h1-21H;1-20H;1-18H. The summed E-state index contributed by atoms with van der Waals surface area (Å²) in [4.78, 5) is 63.8. The Bertz CT molecular complexity index is 7090. The first kappa shape index (κ1) is 68.7. The Balaban J connectivity index is 0.000000106. The summed E-state index contributed by atoms with van der Waals surface area (Å²) in [6.45, 7) is 0. The molecule has 11 aromatic heterocycles. The molecular weight excluding hydrogens is 1490 g/mol. The maximum atomic E-state index is 5.25. The van der Waals surface area contributed by atoms with Gasteiger partial charge in [0.2, 0.25) is 0 Å². The zero-order valence-electron chi connectivity index (χ0n) is 62.1. The van der Waals surface area contributed by atoms with E-state index in [1.807, 2.05) is 139 Å². The van der Waals surface area contributed by atoms with Crippen molar-refractivity contribution >= 4 is 160 Å². The van der Waals surface area contributed by atoms with Gasteiger partial charge in [0.1, 0.15) is 17.1 Å². The monoisotopic (exact) mass is 1550 g/mol. The quantitative estimate of drug-likeness (QED) is 0.125. The number of hydrogen-bond acceptors (Lipinski definition) is 16. The molecule has 11 heterocycles. The summed E-state index contributed by atoms with van der Waals surface area (Å²) < 4.78 is 7.51. The van der Waals surface area contributed by atoms with Crippen LogP contribution in [0.5, 0.6) is 0 Å². The molecule has 0 saturated carbocycles. The van der Waals surface area contributed by atoms with Gasteiger partial charge in [-0.2, -0.15) is 0 Å². The molecule has 24 aromatic rings. The van der Waals surface area contributed by atoms with Crippen LogP contribution in [0.25, 0.3) is 228 Å². The summed E-state index contributed by atoms with van der Waals surface area (Å²) in [6.07, 6.45) is 6.99. The van der Waals surface area contributed by atoms with Crippen molar-refractivity contribution in [2.45, 2.75) is 0 Å². The highest BCUT2D eigenvalue weighted by atomic mass is 32.1. The summed E-state index contributed by atoms with van der Waals surface area (Å²) >= 11 is 5.40. The second kappa shape index (κ2) is 29.2. The molecule has 546 valence electrons. The molecule has 0 unspecified atom stereocenters. The zero-order chi connectivity index (χ0) is 77.3. The van der Waals surface area contributed by atoms with Gasteiger partial charge in [-0.25, -0.2) is 54.8 Å². The van der Waals surface area contributed by atoms with Crippen LogP contribution in [-0.4, -0.2) is 64.8 Å². The Morgan fingerprint density at radius 1 is 0.162 bits per heavy atom. The Labute approximate surface area is 680 Å². The largest absolute Gasteiger partial charge is 0.264 e. The third-order valence-corrected chi connectivity index (χ3v) is 24.7. The van der Waals surface area contributed by atoms with Crippen molar-refractivity contribution < 1.29 is 0 Å². The van der Waals surface area contributed by atoms with Crippen LogP contribution in [0.15, 0.2) is 358 Å². The molecule has 0 fully saturated rings. The highest BCUT2D eigenvalue weighted by Crippen LogP contribution is 2.45. The van der Waals surface area contributed by atoms with E-state index in [9.17, 15) is 0 Å². The topological polar surface area (TPSA) is 168 Å². The molecule has 0 radical (unpaired) electrons. The first-order valence-corrected chi connectivity index (χ1v) is 40.8. The van der Waals surface area contributed by atoms with Crippen LogP contribution in [-0.2, 0) is 0 Å². The Morgan fingerprint density at radius 3 is 0.752 bits per heavy atom. The van der Waals surface area contributed by atoms with Crippen molar-refractivity contribution in [2.75, 3.05) is 0 Å². The summed E-state index contributed by atoms with van der Waals surface area (Å²) in [5, 5.41) is 17.5. The lowest BCUT2D eigenvalue weighted by molar-refractivity contribution is 1.06. The highest BCUT2D eigenvalue weighted by Gasteiger charge is 2.23. The molecule has 0 saturated heterocycles. The molecule has 0 amide bonds. The third-order valence-electron chi connectivity index (χ3n) is 21.3. The number of fused-ring (bicyclic) bond motifs is 18. The van der Waals surface area contributed by atoms with E-state index in [4.69, 9.17) is 54.8 Å². The predicted octanol–water partition coefficient (Wildman–Crippen LogP) is 26.2. The second-order valence-corrected chi connectivity index (χ2v) is 31.7. The van der Waals surface area contributed by atoms with Gasteiger partial charge >= 0.3 is 0 Å². The SMILES string of the molecule is c1ccc(-c2cc(-c3ccccc3)nc(-c3nc4cc5sc6ccccc6c5cc4c4ccccc34)n2)cc1.c1ccc(-c2nc(-c3ccccc3)nc(-c3nc4cc5sc6ccccc6c5cc4c4ccccc34)n2)cc1.c1cncc(-c2nc(-c3cccnc3)nc(-c3nc4cc5sc6ccccc6c5cc4c4ccccc34)n2)c1. The van der Waals surface area contributed by atoms with Crippen LogP contribution in [0.3, 0.4) is 0 Å². The van der Waals surface area contributed by atoms with Crippen molar-refractivity contribution in [3.63, 3.8) is 0 Å². The van der Waals surface area contributed by atoms with Crippen molar-refractivity contribution in [1.29, 1.82) is 0 Å². The number of thiophene rings is 3. The van der Waals surface area contributed by atoms with E-state index >= 15 is 0 Å². The predicted molar refractivity (Wildman–Crippen MR) is 483 cm³/mol. The highest BCUT2D eigenvalue weighted by molar-refractivity contribution is 7.26. The number of nitrogens with zero attached hydrogens (tertiary/aromatic N) is 13. The van der Waals surface area contributed by atoms with Crippen LogP contribution in [0.2, 0.25) is 0 Å². The molecule has 117 heavy (non-hydrogen) atoms. The van der Waals surface area contributed by atoms with Crippen LogP contribution in [0.4, 0.5) is 0 Å². The van der Waals surface area contributed by atoms with E-state index < -0.39 is 0 Å². The molecule has 0 aliphatic rings. The van der Waals surface area contributed by atoms with E-state index in [0.29, 0.717) is 40.8 Å². The lowest BCUT2D eigenvalue weighted by Crippen LogP contribution is -2.02. The van der Waals surface area contributed by atoms with Gasteiger partial charge < -0.3 is 0 Å². The molecule has 0 aliphatic heterocycles. The van der Waals surface area contributed by atoms with Crippen molar-refractivity contribution in [2.24, 2.45) is 0 Å². The fourth-order valence-corrected chi connectivity index (χ4v) is 19.1. The number of pyridine rings is 5. The fourth-order valence-electron chi connectivity index (χ4n) is 15.7. The summed E-state index contributed by atoms with van der Waals surface area (Å²) in [5.74, 6) is 4.05.